The number of aliphatic imine (C=N–C) groups is 1. The van der Waals surface area contributed by atoms with Gasteiger partial charge in [0.25, 0.3) is 0 Å². The van der Waals surface area contributed by atoms with Crippen LogP contribution in [0.5, 0.6) is 0 Å². The SMILES string of the molecule is C/C=C(\C=NC)c1cccc(-c2ncc(-c3cnn(C)c3)c(NCC(C)(CC)CC)n2)c1. The van der Waals surface area contributed by atoms with Crippen molar-refractivity contribution in [3.05, 3.63) is 54.5 Å². The van der Waals surface area contributed by atoms with E-state index in [1.165, 1.54) is 0 Å². The van der Waals surface area contributed by atoms with E-state index < -0.39 is 0 Å². The zero-order chi connectivity index (χ0) is 23.1. The number of aromatic nitrogens is 4. The summed E-state index contributed by atoms with van der Waals surface area (Å²) in [5, 5.41) is 7.95. The number of rotatable bonds is 9. The van der Waals surface area contributed by atoms with Gasteiger partial charge in [0, 0.05) is 55.9 Å². The van der Waals surface area contributed by atoms with Gasteiger partial charge in [-0.3, -0.25) is 9.67 Å². The van der Waals surface area contributed by atoms with Crippen molar-refractivity contribution in [1.82, 2.24) is 19.7 Å². The van der Waals surface area contributed by atoms with E-state index in [2.05, 4.69) is 54.4 Å². The molecule has 0 fully saturated rings. The molecule has 1 aromatic carbocycles. The van der Waals surface area contributed by atoms with E-state index in [-0.39, 0.29) is 5.41 Å². The average molecular weight is 431 g/mol. The summed E-state index contributed by atoms with van der Waals surface area (Å²) in [5.74, 6) is 1.53. The Bertz CT molecular complexity index is 1110. The molecule has 0 saturated heterocycles. The highest BCUT2D eigenvalue weighted by Crippen LogP contribution is 2.31. The lowest BCUT2D eigenvalue weighted by atomic mass is 9.85. The Labute approximate surface area is 191 Å². The zero-order valence-electron chi connectivity index (χ0n) is 20.1. The molecule has 0 bridgehead atoms. The second kappa shape index (κ2) is 10.4. The maximum absolute atomic E-state index is 4.96. The van der Waals surface area contributed by atoms with Crippen molar-refractivity contribution in [1.29, 1.82) is 0 Å². The minimum absolute atomic E-state index is 0.206. The first-order valence-corrected chi connectivity index (χ1v) is 11.2. The standard InChI is InChI=1S/C26H34N6/c1-7-19(14-27-5)20-11-10-12-21(13-20)24-28-16-23(22-15-30-32(6)17-22)25(31-24)29-18-26(4,8-2)9-3/h7,10-17H,8-9,18H2,1-6H3,(H,28,29,31)/b19-7+,27-14?. The first-order valence-electron chi connectivity index (χ1n) is 11.2. The van der Waals surface area contributed by atoms with Gasteiger partial charge in [-0.2, -0.15) is 5.10 Å². The van der Waals surface area contributed by atoms with E-state index in [1.807, 2.05) is 50.9 Å². The van der Waals surface area contributed by atoms with Gasteiger partial charge in [0.05, 0.1) is 6.20 Å². The number of hydrogen-bond acceptors (Lipinski definition) is 5. The molecule has 32 heavy (non-hydrogen) atoms. The lowest BCUT2D eigenvalue weighted by Crippen LogP contribution is -2.25. The second-order valence-electron chi connectivity index (χ2n) is 8.44. The van der Waals surface area contributed by atoms with Crippen LogP contribution in [0.1, 0.15) is 46.1 Å². The van der Waals surface area contributed by atoms with Crippen molar-refractivity contribution < 1.29 is 0 Å². The van der Waals surface area contributed by atoms with Gasteiger partial charge in [-0.25, -0.2) is 9.97 Å². The number of aryl methyl sites for hydroxylation is 1. The van der Waals surface area contributed by atoms with Gasteiger partial charge >= 0.3 is 0 Å². The molecule has 168 valence electrons. The van der Waals surface area contributed by atoms with Crippen LogP contribution in [0.4, 0.5) is 5.82 Å². The summed E-state index contributed by atoms with van der Waals surface area (Å²) in [6.45, 7) is 9.65. The number of allylic oxidation sites excluding steroid dienone is 2. The summed E-state index contributed by atoms with van der Waals surface area (Å²) in [7, 11) is 3.70. The molecular weight excluding hydrogens is 396 g/mol. The van der Waals surface area contributed by atoms with Crippen LogP contribution in [0, 0.1) is 5.41 Å². The summed E-state index contributed by atoms with van der Waals surface area (Å²) in [6, 6.07) is 8.28. The molecule has 0 amide bonds. The van der Waals surface area contributed by atoms with Gasteiger partial charge < -0.3 is 5.32 Å². The predicted molar refractivity (Wildman–Crippen MR) is 135 cm³/mol. The van der Waals surface area contributed by atoms with Crippen LogP contribution in [0.3, 0.4) is 0 Å². The van der Waals surface area contributed by atoms with E-state index in [0.29, 0.717) is 5.82 Å². The Hall–Kier alpha value is -3.28. The summed E-state index contributed by atoms with van der Waals surface area (Å²) in [5.41, 5.74) is 5.30. The smallest absolute Gasteiger partial charge is 0.161 e. The molecule has 3 aromatic rings. The molecule has 0 aliphatic rings. The van der Waals surface area contributed by atoms with Crippen LogP contribution in [0.15, 0.2) is 53.9 Å². The van der Waals surface area contributed by atoms with E-state index >= 15 is 0 Å². The monoisotopic (exact) mass is 430 g/mol. The van der Waals surface area contributed by atoms with Gasteiger partial charge in [-0.15, -0.1) is 0 Å². The van der Waals surface area contributed by atoms with Crippen molar-refractivity contribution in [2.75, 3.05) is 18.9 Å². The summed E-state index contributed by atoms with van der Waals surface area (Å²) < 4.78 is 1.80. The van der Waals surface area contributed by atoms with Crippen LogP contribution in [-0.2, 0) is 7.05 Å². The normalized spacial score (nSPS) is 12.5. The average Bonchev–Trinajstić information content (AvgIpc) is 3.26. The van der Waals surface area contributed by atoms with Gasteiger partial charge in [0.15, 0.2) is 5.82 Å². The van der Waals surface area contributed by atoms with Crippen molar-refractivity contribution >= 4 is 17.6 Å². The van der Waals surface area contributed by atoms with Gasteiger partial charge in [0.1, 0.15) is 5.82 Å². The Morgan fingerprint density at radius 2 is 1.97 bits per heavy atom. The fourth-order valence-electron chi connectivity index (χ4n) is 3.52. The zero-order valence-corrected chi connectivity index (χ0v) is 20.1. The van der Waals surface area contributed by atoms with Crippen molar-refractivity contribution in [2.45, 2.75) is 40.5 Å². The predicted octanol–water partition coefficient (Wildman–Crippen LogP) is 5.89. The van der Waals surface area contributed by atoms with Crippen LogP contribution < -0.4 is 5.32 Å². The molecule has 3 rings (SSSR count). The number of hydrogen-bond donors (Lipinski definition) is 1. The van der Waals surface area contributed by atoms with E-state index in [4.69, 9.17) is 9.97 Å². The van der Waals surface area contributed by atoms with Crippen LogP contribution >= 0.6 is 0 Å². The molecule has 6 heteroatoms. The van der Waals surface area contributed by atoms with Gasteiger partial charge in [-0.1, -0.05) is 45.0 Å². The molecule has 0 aliphatic carbocycles. The molecule has 6 nitrogen and oxygen atoms in total. The van der Waals surface area contributed by atoms with Gasteiger partial charge in [0.2, 0.25) is 0 Å². The van der Waals surface area contributed by atoms with Crippen LogP contribution in [-0.4, -0.2) is 39.6 Å². The molecule has 0 saturated carbocycles. The topological polar surface area (TPSA) is 68.0 Å². The third-order valence-electron chi connectivity index (χ3n) is 6.23. The summed E-state index contributed by atoms with van der Waals surface area (Å²) in [4.78, 5) is 13.8. The van der Waals surface area contributed by atoms with Gasteiger partial charge in [-0.05, 0) is 42.4 Å². The number of nitrogens with zero attached hydrogens (tertiary/aromatic N) is 5. The number of anilines is 1. The molecule has 0 radical (unpaired) electrons. The fraction of sp³-hybridized carbons (Fsp3) is 0.385. The minimum Gasteiger partial charge on any atom is -0.369 e. The van der Waals surface area contributed by atoms with E-state index in [0.717, 1.165) is 53.0 Å². The summed E-state index contributed by atoms with van der Waals surface area (Å²) >= 11 is 0. The number of nitrogens with one attached hydrogen (secondary N) is 1. The Balaban J connectivity index is 2.03. The van der Waals surface area contributed by atoms with Crippen LogP contribution in [0.25, 0.3) is 28.1 Å². The molecule has 0 aliphatic heterocycles. The quantitative estimate of drug-likeness (QED) is 0.430. The Morgan fingerprint density at radius 3 is 2.59 bits per heavy atom. The highest BCUT2D eigenvalue weighted by atomic mass is 15.2. The highest BCUT2D eigenvalue weighted by Gasteiger charge is 2.21. The molecule has 0 atom stereocenters. The lowest BCUT2D eigenvalue weighted by molar-refractivity contribution is 0.320. The minimum atomic E-state index is 0.206. The van der Waals surface area contributed by atoms with Crippen molar-refractivity contribution in [3.8, 4) is 22.5 Å². The lowest BCUT2D eigenvalue weighted by Gasteiger charge is -2.27. The summed E-state index contributed by atoms with van der Waals surface area (Å²) in [6.07, 6.45) is 11.9. The van der Waals surface area contributed by atoms with Crippen molar-refractivity contribution in [2.24, 2.45) is 17.5 Å². The van der Waals surface area contributed by atoms with Crippen molar-refractivity contribution in [3.63, 3.8) is 0 Å². The molecule has 0 unspecified atom stereocenters. The Kier molecular flexibility index (Phi) is 7.57. The highest BCUT2D eigenvalue weighted by molar-refractivity contribution is 6.09. The largest absolute Gasteiger partial charge is 0.369 e. The first kappa shape index (κ1) is 23.4. The number of benzene rings is 1. The fourth-order valence-corrected chi connectivity index (χ4v) is 3.52. The maximum atomic E-state index is 4.96. The molecule has 2 aromatic heterocycles. The third kappa shape index (κ3) is 5.31. The third-order valence-corrected chi connectivity index (χ3v) is 6.23. The second-order valence-corrected chi connectivity index (χ2v) is 8.44. The first-order chi connectivity index (χ1) is 15.4. The molecular formula is C26H34N6. The molecule has 1 N–H and O–H groups in total. The van der Waals surface area contributed by atoms with E-state index in [9.17, 15) is 0 Å². The molecule has 2 heterocycles. The Morgan fingerprint density at radius 1 is 1.19 bits per heavy atom. The van der Waals surface area contributed by atoms with E-state index in [1.54, 1.807) is 11.7 Å². The maximum Gasteiger partial charge on any atom is 0.161 e. The van der Waals surface area contributed by atoms with Crippen LogP contribution in [0.2, 0.25) is 0 Å². The molecule has 0 spiro atoms.